The second-order valence-electron chi connectivity index (χ2n) is 2.30. The number of hydrogen-bond acceptors (Lipinski definition) is 2. The molecule has 0 bridgehead atoms. The summed E-state index contributed by atoms with van der Waals surface area (Å²) in [5, 5.41) is 8.50. The second-order valence-corrected chi connectivity index (χ2v) is 2.30. The van der Waals surface area contributed by atoms with Gasteiger partial charge in [0.25, 0.3) is 0 Å². The van der Waals surface area contributed by atoms with Crippen LogP contribution in [-0.4, -0.2) is 21.7 Å². The van der Waals surface area contributed by atoms with Gasteiger partial charge in [0.2, 0.25) is 0 Å². The summed E-state index contributed by atoms with van der Waals surface area (Å²) in [4.78, 5) is 7.17. The molecule has 0 aliphatic rings. The van der Waals surface area contributed by atoms with Crippen molar-refractivity contribution in [1.82, 2.24) is 9.97 Å². The zero-order chi connectivity index (χ0) is 7.40. The molecule has 11 heavy (non-hydrogen) atoms. The van der Waals surface area contributed by atoms with Gasteiger partial charge in [-0.05, 0) is 19.8 Å². The van der Waals surface area contributed by atoms with Crippen molar-refractivity contribution >= 4 is 17.0 Å². The van der Waals surface area contributed by atoms with Crippen LogP contribution in [0.15, 0.2) is 6.20 Å². The number of aryl methyl sites for hydroxylation is 2. The molecule has 0 saturated heterocycles. The summed E-state index contributed by atoms with van der Waals surface area (Å²) in [6, 6.07) is 0. The van der Waals surface area contributed by atoms with Crippen molar-refractivity contribution in [3.63, 3.8) is 0 Å². The SMILES string of the molecule is Br.Cc1nc(CCCO)c[nH]1. The molecule has 4 heteroatoms. The van der Waals surface area contributed by atoms with Crippen molar-refractivity contribution in [3.8, 4) is 0 Å². The van der Waals surface area contributed by atoms with E-state index in [0.29, 0.717) is 0 Å². The smallest absolute Gasteiger partial charge is 0.103 e. The first-order valence-electron chi connectivity index (χ1n) is 3.44. The van der Waals surface area contributed by atoms with Gasteiger partial charge in [0.05, 0.1) is 5.69 Å². The van der Waals surface area contributed by atoms with E-state index in [0.717, 1.165) is 24.4 Å². The Bertz CT molecular complexity index is 200. The summed E-state index contributed by atoms with van der Waals surface area (Å²) in [5.41, 5.74) is 1.03. The Labute approximate surface area is 76.6 Å². The van der Waals surface area contributed by atoms with Crippen LogP contribution in [0, 0.1) is 6.92 Å². The molecule has 3 nitrogen and oxygen atoms in total. The van der Waals surface area contributed by atoms with E-state index in [1.54, 1.807) is 0 Å². The van der Waals surface area contributed by atoms with Crippen LogP contribution in [0.3, 0.4) is 0 Å². The Morgan fingerprint density at radius 2 is 2.36 bits per heavy atom. The lowest BCUT2D eigenvalue weighted by molar-refractivity contribution is 0.288. The summed E-state index contributed by atoms with van der Waals surface area (Å²) in [6.45, 7) is 2.16. The molecule has 0 spiro atoms. The van der Waals surface area contributed by atoms with Crippen LogP contribution >= 0.6 is 17.0 Å². The number of aromatic nitrogens is 2. The molecule has 0 aliphatic heterocycles. The Morgan fingerprint density at radius 1 is 1.64 bits per heavy atom. The molecule has 0 saturated carbocycles. The standard InChI is InChI=1S/C7H12N2O.BrH/c1-6-8-5-7(9-6)3-2-4-10;/h5,10H,2-4H2,1H3,(H,8,9);1H. The minimum absolute atomic E-state index is 0. The number of imidazole rings is 1. The van der Waals surface area contributed by atoms with Crippen LogP contribution in [0.1, 0.15) is 17.9 Å². The van der Waals surface area contributed by atoms with Crippen molar-refractivity contribution in [3.05, 3.63) is 17.7 Å². The first-order valence-corrected chi connectivity index (χ1v) is 3.44. The fourth-order valence-electron chi connectivity index (χ4n) is 0.856. The third kappa shape index (κ3) is 3.53. The Morgan fingerprint density at radius 3 is 2.82 bits per heavy atom. The van der Waals surface area contributed by atoms with E-state index < -0.39 is 0 Å². The van der Waals surface area contributed by atoms with Gasteiger partial charge < -0.3 is 10.1 Å². The molecule has 64 valence electrons. The molecular weight excluding hydrogens is 208 g/mol. The molecule has 0 unspecified atom stereocenters. The number of aliphatic hydroxyl groups is 1. The van der Waals surface area contributed by atoms with E-state index in [4.69, 9.17) is 5.11 Å². The number of nitrogens with one attached hydrogen (secondary N) is 1. The second kappa shape index (κ2) is 5.32. The van der Waals surface area contributed by atoms with E-state index in [1.165, 1.54) is 0 Å². The normalized spacial score (nSPS) is 9.27. The van der Waals surface area contributed by atoms with Crippen molar-refractivity contribution in [2.24, 2.45) is 0 Å². The minimum atomic E-state index is 0. The maximum Gasteiger partial charge on any atom is 0.103 e. The van der Waals surface area contributed by atoms with Crippen LogP contribution in [0.5, 0.6) is 0 Å². The number of aliphatic hydroxyl groups excluding tert-OH is 1. The van der Waals surface area contributed by atoms with Gasteiger partial charge in [-0.3, -0.25) is 0 Å². The van der Waals surface area contributed by atoms with Crippen molar-refractivity contribution < 1.29 is 5.11 Å². The highest BCUT2D eigenvalue weighted by atomic mass is 79.9. The van der Waals surface area contributed by atoms with Gasteiger partial charge in [-0.1, -0.05) is 0 Å². The molecule has 0 fully saturated rings. The molecule has 2 N–H and O–H groups in total. The molecule has 1 rings (SSSR count). The average Bonchev–Trinajstić information content (AvgIpc) is 2.31. The predicted octanol–water partition coefficient (Wildman–Crippen LogP) is 1.22. The molecule has 0 radical (unpaired) electrons. The number of H-pyrrole nitrogens is 1. The van der Waals surface area contributed by atoms with Gasteiger partial charge in [0, 0.05) is 12.8 Å². The van der Waals surface area contributed by atoms with E-state index in [-0.39, 0.29) is 23.6 Å². The van der Waals surface area contributed by atoms with E-state index in [9.17, 15) is 0 Å². The summed E-state index contributed by atoms with van der Waals surface area (Å²) < 4.78 is 0. The fourth-order valence-corrected chi connectivity index (χ4v) is 0.856. The predicted molar refractivity (Wildman–Crippen MR) is 49.1 cm³/mol. The number of aromatic amines is 1. The summed E-state index contributed by atoms with van der Waals surface area (Å²) >= 11 is 0. The third-order valence-corrected chi connectivity index (χ3v) is 1.35. The topological polar surface area (TPSA) is 48.9 Å². The molecule has 0 amide bonds. The highest BCUT2D eigenvalue weighted by Crippen LogP contribution is 1.98. The minimum Gasteiger partial charge on any atom is -0.396 e. The zero-order valence-corrected chi connectivity index (χ0v) is 8.21. The molecule has 1 aromatic rings. The van der Waals surface area contributed by atoms with Gasteiger partial charge in [0.15, 0.2) is 0 Å². The van der Waals surface area contributed by atoms with Gasteiger partial charge in [-0.25, -0.2) is 4.98 Å². The van der Waals surface area contributed by atoms with Crippen molar-refractivity contribution in [1.29, 1.82) is 0 Å². The van der Waals surface area contributed by atoms with E-state index in [2.05, 4.69) is 9.97 Å². The maximum atomic E-state index is 8.50. The monoisotopic (exact) mass is 220 g/mol. The molecule has 0 atom stereocenters. The van der Waals surface area contributed by atoms with Crippen LogP contribution in [-0.2, 0) is 6.42 Å². The first-order chi connectivity index (χ1) is 4.83. The number of hydrogen-bond donors (Lipinski definition) is 2. The molecule has 0 aliphatic carbocycles. The molecule has 0 aromatic carbocycles. The molecule has 1 aromatic heterocycles. The lowest BCUT2D eigenvalue weighted by atomic mass is 10.3. The average molecular weight is 221 g/mol. The van der Waals surface area contributed by atoms with Crippen LogP contribution in [0.2, 0.25) is 0 Å². The van der Waals surface area contributed by atoms with Gasteiger partial charge >= 0.3 is 0 Å². The molecular formula is C7H13BrN2O. The maximum absolute atomic E-state index is 8.50. The Kier molecular flexibility index (Phi) is 5.15. The summed E-state index contributed by atoms with van der Waals surface area (Å²) in [6.07, 6.45) is 3.54. The highest BCUT2D eigenvalue weighted by molar-refractivity contribution is 8.93. The van der Waals surface area contributed by atoms with Crippen LogP contribution in [0.25, 0.3) is 0 Å². The number of halogens is 1. The quantitative estimate of drug-likeness (QED) is 0.806. The van der Waals surface area contributed by atoms with Gasteiger partial charge in [0.1, 0.15) is 5.82 Å². The molecule has 1 heterocycles. The number of rotatable bonds is 3. The lowest BCUT2D eigenvalue weighted by Crippen LogP contribution is -1.88. The van der Waals surface area contributed by atoms with Crippen molar-refractivity contribution in [2.75, 3.05) is 6.61 Å². The first kappa shape index (κ1) is 10.7. The largest absolute Gasteiger partial charge is 0.396 e. The fraction of sp³-hybridized carbons (Fsp3) is 0.571. The number of nitrogens with zero attached hydrogens (tertiary/aromatic N) is 1. The van der Waals surface area contributed by atoms with Crippen molar-refractivity contribution in [2.45, 2.75) is 19.8 Å². The van der Waals surface area contributed by atoms with Gasteiger partial charge in [-0.2, -0.15) is 0 Å². The van der Waals surface area contributed by atoms with Gasteiger partial charge in [-0.15, -0.1) is 17.0 Å². The highest BCUT2D eigenvalue weighted by Gasteiger charge is 1.94. The zero-order valence-electron chi connectivity index (χ0n) is 6.50. The van der Waals surface area contributed by atoms with E-state index in [1.807, 2.05) is 13.1 Å². The summed E-state index contributed by atoms with van der Waals surface area (Å²) in [5.74, 6) is 0.938. The summed E-state index contributed by atoms with van der Waals surface area (Å²) in [7, 11) is 0. The Balaban J connectivity index is 0.000001000. The Hall–Kier alpha value is -0.350. The third-order valence-electron chi connectivity index (χ3n) is 1.35. The van der Waals surface area contributed by atoms with E-state index >= 15 is 0 Å². The van der Waals surface area contributed by atoms with Crippen LogP contribution in [0.4, 0.5) is 0 Å². The lowest BCUT2D eigenvalue weighted by Gasteiger charge is -1.89. The van der Waals surface area contributed by atoms with Crippen LogP contribution < -0.4 is 0 Å².